The summed E-state index contributed by atoms with van der Waals surface area (Å²) in [4.78, 5) is 24.3. The Morgan fingerprint density at radius 3 is 2.47 bits per heavy atom. The van der Waals surface area contributed by atoms with Gasteiger partial charge in [0.1, 0.15) is 12.2 Å². The normalized spacial score (nSPS) is 47.5. The van der Waals surface area contributed by atoms with Crippen molar-refractivity contribution in [3.8, 4) is 0 Å². The summed E-state index contributed by atoms with van der Waals surface area (Å²) in [5.41, 5.74) is -1.46. The molecule has 4 rings (SSSR count). The lowest BCUT2D eigenvalue weighted by molar-refractivity contribution is -0.181. The van der Waals surface area contributed by atoms with Gasteiger partial charge in [-0.2, -0.15) is 0 Å². The van der Waals surface area contributed by atoms with Crippen LogP contribution in [0, 0.1) is 39.9 Å². The first-order chi connectivity index (χ1) is 14.0. The summed E-state index contributed by atoms with van der Waals surface area (Å²) in [5, 5.41) is 21.6. The standard InChI is InChI=1S/C25H40O5/c1-16(2)12-20(26)30-15-25(29)14-24-11-8-18-22(3,19(24)7-6-17(25)13-24)9-5-10-23(18,4)21(27)28/h16-19,29H,5-15H2,1-4H3,(H,27,28)/t17-,18+,19+,22-,23-,24?,25+/m1/s1. The van der Waals surface area contributed by atoms with Gasteiger partial charge in [0.25, 0.3) is 0 Å². The number of aliphatic hydroxyl groups is 1. The molecule has 4 aliphatic rings. The molecule has 0 saturated heterocycles. The molecule has 1 unspecified atom stereocenters. The minimum absolute atomic E-state index is 0.0220. The molecule has 4 aliphatic carbocycles. The Morgan fingerprint density at radius 1 is 1.07 bits per heavy atom. The Hall–Kier alpha value is -1.10. The van der Waals surface area contributed by atoms with Gasteiger partial charge in [-0.15, -0.1) is 0 Å². The number of carboxylic acids is 1. The average molecular weight is 421 g/mol. The molecule has 30 heavy (non-hydrogen) atoms. The predicted octanol–water partition coefficient (Wildman–Crippen LogP) is 4.80. The number of ether oxygens (including phenoxy) is 1. The van der Waals surface area contributed by atoms with Crippen LogP contribution in [-0.4, -0.2) is 34.4 Å². The number of carbonyl (C=O) groups excluding carboxylic acids is 1. The minimum atomic E-state index is -0.921. The molecule has 0 amide bonds. The lowest BCUT2D eigenvalue weighted by Gasteiger charge is -2.63. The highest BCUT2D eigenvalue weighted by molar-refractivity contribution is 5.75. The Balaban J connectivity index is 1.55. The smallest absolute Gasteiger partial charge is 0.309 e. The van der Waals surface area contributed by atoms with Crippen LogP contribution in [0.4, 0.5) is 0 Å². The van der Waals surface area contributed by atoms with E-state index in [2.05, 4.69) is 6.92 Å². The molecule has 0 aromatic carbocycles. The molecule has 5 heteroatoms. The third-order valence-corrected chi connectivity index (χ3v) is 9.86. The van der Waals surface area contributed by atoms with E-state index in [1.54, 1.807) is 0 Å². The van der Waals surface area contributed by atoms with Crippen molar-refractivity contribution in [3.63, 3.8) is 0 Å². The lowest BCUT2D eigenvalue weighted by Crippen LogP contribution is -2.58. The fourth-order valence-corrected chi connectivity index (χ4v) is 8.64. The quantitative estimate of drug-likeness (QED) is 0.624. The SMILES string of the molecule is CC(C)CC(=O)OC[C@@]1(O)CC23CC[C@H]4[C@@](C)(CCC[C@@]4(C)C(=O)O)[C@@H]2CC[C@@H]1C3. The van der Waals surface area contributed by atoms with Crippen molar-refractivity contribution in [2.75, 3.05) is 6.61 Å². The topological polar surface area (TPSA) is 83.8 Å². The van der Waals surface area contributed by atoms with Gasteiger partial charge in [0.15, 0.2) is 0 Å². The number of fused-ring (bicyclic) bond motifs is 3. The Kier molecular flexibility index (Phi) is 5.32. The number of hydrogen-bond acceptors (Lipinski definition) is 4. The zero-order valence-electron chi connectivity index (χ0n) is 19.2. The zero-order chi connectivity index (χ0) is 21.9. The van der Waals surface area contributed by atoms with E-state index in [1.165, 1.54) is 0 Å². The molecule has 0 aromatic rings. The van der Waals surface area contributed by atoms with Crippen LogP contribution in [0.3, 0.4) is 0 Å². The molecule has 5 nitrogen and oxygen atoms in total. The predicted molar refractivity (Wildman–Crippen MR) is 114 cm³/mol. The van der Waals surface area contributed by atoms with Crippen molar-refractivity contribution < 1.29 is 24.5 Å². The number of aliphatic carboxylic acids is 1. The minimum Gasteiger partial charge on any atom is -0.481 e. The summed E-state index contributed by atoms with van der Waals surface area (Å²) < 4.78 is 5.55. The molecule has 2 N–H and O–H groups in total. The first-order valence-electron chi connectivity index (χ1n) is 12.1. The second-order valence-corrected chi connectivity index (χ2v) is 12.1. The van der Waals surface area contributed by atoms with Crippen LogP contribution in [0.1, 0.15) is 91.9 Å². The molecule has 170 valence electrons. The van der Waals surface area contributed by atoms with E-state index in [0.717, 1.165) is 51.4 Å². The van der Waals surface area contributed by atoms with Crippen LogP contribution in [0.15, 0.2) is 0 Å². The first kappa shape index (κ1) is 22.1. The van der Waals surface area contributed by atoms with Crippen LogP contribution in [0.25, 0.3) is 0 Å². The van der Waals surface area contributed by atoms with Gasteiger partial charge >= 0.3 is 11.9 Å². The van der Waals surface area contributed by atoms with Crippen molar-refractivity contribution in [2.24, 2.45) is 39.9 Å². The molecule has 7 atom stereocenters. The van der Waals surface area contributed by atoms with Gasteiger partial charge in [0, 0.05) is 6.42 Å². The summed E-state index contributed by atoms with van der Waals surface area (Å²) in [6.45, 7) is 8.43. The third kappa shape index (κ3) is 3.22. The van der Waals surface area contributed by atoms with Gasteiger partial charge in [-0.25, -0.2) is 0 Å². The van der Waals surface area contributed by atoms with Crippen LogP contribution in [0.5, 0.6) is 0 Å². The molecule has 0 heterocycles. The molecule has 1 spiro atoms. The van der Waals surface area contributed by atoms with Gasteiger partial charge in [-0.05, 0) is 92.8 Å². The number of carbonyl (C=O) groups is 2. The van der Waals surface area contributed by atoms with Crippen molar-refractivity contribution in [1.82, 2.24) is 0 Å². The summed E-state index contributed by atoms with van der Waals surface area (Å²) in [6, 6.07) is 0. The van der Waals surface area contributed by atoms with Crippen LogP contribution in [0.2, 0.25) is 0 Å². The number of hydrogen-bond donors (Lipinski definition) is 2. The average Bonchev–Trinajstić information content (AvgIpc) is 2.85. The van der Waals surface area contributed by atoms with Crippen molar-refractivity contribution >= 4 is 11.9 Å². The highest BCUT2D eigenvalue weighted by atomic mass is 16.5. The van der Waals surface area contributed by atoms with E-state index in [4.69, 9.17) is 4.74 Å². The van der Waals surface area contributed by atoms with E-state index in [0.29, 0.717) is 18.8 Å². The van der Waals surface area contributed by atoms with Crippen LogP contribution >= 0.6 is 0 Å². The molecule has 4 saturated carbocycles. The van der Waals surface area contributed by atoms with Crippen LogP contribution < -0.4 is 0 Å². The van der Waals surface area contributed by atoms with E-state index in [-0.39, 0.29) is 41.2 Å². The van der Waals surface area contributed by atoms with Crippen molar-refractivity contribution in [1.29, 1.82) is 0 Å². The van der Waals surface area contributed by atoms with Gasteiger partial charge in [-0.1, -0.05) is 27.2 Å². The fourth-order valence-electron chi connectivity index (χ4n) is 8.64. The maximum Gasteiger partial charge on any atom is 0.309 e. The molecule has 0 aliphatic heterocycles. The molecular formula is C25H40O5. The van der Waals surface area contributed by atoms with E-state index in [9.17, 15) is 19.8 Å². The summed E-state index contributed by atoms with van der Waals surface area (Å²) >= 11 is 0. The van der Waals surface area contributed by atoms with E-state index < -0.39 is 17.0 Å². The maximum absolute atomic E-state index is 12.2. The Labute approximate surface area is 180 Å². The number of rotatable bonds is 5. The zero-order valence-corrected chi connectivity index (χ0v) is 19.2. The number of esters is 1. The van der Waals surface area contributed by atoms with Crippen molar-refractivity contribution in [2.45, 2.75) is 97.5 Å². The molecular weight excluding hydrogens is 380 g/mol. The second-order valence-electron chi connectivity index (χ2n) is 12.1. The fraction of sp³-hybridized carbons (Fsp3) is 0.920. The summed E-state index contributed by atoms with van der Waals surface area (Å²) in [5.74, 6) is 0.260. The van der Waals surface area contributed by atoms with Crippen molar-refractivity contribution in [3.05, 3.63) is 0 Å². The van der Waals surface area contributed by atoms with Gasteiger partial charge in [-0.3, -0.25) is 9.59 Å². The summed E-state index contributed by atoms with van der Waals surface area (Å²) in [6.07, 6.45) is 8.90. The highest BCUT2D eigenvalue weighted by Gasteiger charge is 2.68. The highest BCUT2D eigenvalue weighted by Crippen LogP contribution is 2.72. The van der Waals surface area contributed by atoms with E-state index in [1.807, 2.05) is 20.8 Å². The largest absolute Gasteiger partial charge is 0.481 e. The molecule has 0 radical (unpaired) electrons. The Morgan fingerprint density at radius 2 is 1.80 bits per heavy atom. The number of carboxylic acid groups (broad SMARTS) is 1. The first-order valence-corrected chi connectivity index (χ1v) is 12.1. The third-order valence-electron chi connectivity index (χ3n) is 9.86. The Bertz CT molecular complexity index is 718. The van der Waals surface area contributed by atoms with Gasteiger partial charge < -0.3 is 14.9 Å². The van der Waals surface area contributed by atoms with E-state index >= 15 is 0 Å². The van der Waals surface area contributed by atoms with Crippen LogP contribution in [-0.2, 0) is 14.3 Å². The lowest BCUT2D eigenvalue weighted by atomic mass is 9.41. The molecule has 2 bridgehead atoms. The maximum atomic E-state index is 12.2. The monoisotopic (exact) mass is 420 g/mol. The summed E-state index contributed by atoms with van der Waals surface area (Å²) in [7, 11) is 0. The molecule has 4 fully saturated rings. The van der Waals surface area contributed by atoms with Gasteiger partial charge in [0.2, 0.25) is 0 Å². The second kappa shape index (κ2) is 7.21. The van der Waals surface area contributed by atoms with Gasteiger partial charge in [0.05, 0.1) is 5.41 Å². The molecule has 0 aromatic heterocycles.